The van der Waals surface area contributed by atoms with Gasteiger partial charge in [-0.1, -0.05) is 66.3 Å². The minimum absolute atomic E-state index is 0.327. The van der Waals surface area contributed by atoms with Crippen molar-refractivity contribution in [1.82, 2.24) is 0 Å². The van der Waals surface area contributed by atoms with E-state index in [1.807, 2.05) is 0 Å². The Morgan fingerprint density at radius 2 is 1.65 bits per heavy atom. The third-order valence-electron chi connectivity index (χ3n) is 4.57. The monoisotopic (exact) mass is 238 g/mol. The molecule has 1 atom stereocenters. The molecule has 0 spiro atoms. The summed E-state index contributed by atoms with van der Waals surface area (Å²) in [6.07, 6.45) is 2.17. The first kappa shape index (κ1) is 16.8. The molecule has 0 rings (SSSR count). The largest absolute Gasteiger partial charge is 0.381 e. The number of hydrogen-bond donors (Lipinski definition) is 0. The first-order valence-corrected chi connectivity index (χ1v) is 6.90. The van der Waals surface area contributed by atoms with Crippen molar-refractivity contribution in [1.29, 1.82) is 0 Å². The van der Waals surface area contributed by atoms with E-state index in [1.165, 1.54) is 0 Å². The molecule has 0 N–H and O–H groups in total. The van der Waals surface area contributed by atoms with Crippen LogP contribution in [0.25, 0.3) is 0 Å². The van der Waals surface area contributed by atoms with Crippen LogP contribution in [0.2, 0.25) is 11.1 Å². The van der Waals surface area contributed by atoms with E-state index >= 15 is 0 Å². The maximum absolute atomic E-state index is 5.12. The lowest BCUT2D eigenvalue weighted by molar-refractivity contribution is 0.234. The van der Waals surface area contributed by atoms with Gasteiger partial charge in [-0.15, -0.1) is 5.98 Å². The second-order valence-electron chi connectivity index (χ2n) is 6.49. The Balaban J connectivity index is 4.97. The molecule has 2 heteroatoms. The Hall–Kier alpha value is -0.235. The molecule has 0 saturated heterocycles. The highest BCUT2D eigenvalue weighted by atomic mass is 16.5. The van der Waals surface area contributed by atoms with Crippen molar-refractivity contribution in [2.45, 2.75) is 59.6 Å². The molecule has 0 aromatic carbocycles. The van der Waals surface area contributed by atoms with E-state index in [-0.39, 0.29) is 0 Å². The average molecular weight is 238 g/mol. The zero-order chi connectivity index (χ0) is 13.6. The number of rotatable bonds is 7. The summed E-state index contributed by atoms with van der Waals surface area (Å²) in [6.45, 7) is 17.8. The van der Waals surface area contributed by atoms with Crippen LogP contribution in [0.1, 0.15) is 48.5 Å². The average Bonchev–Trinajstić information content (AvgIpc) is 2.22. The van der Waals surface area contributed by atoms with Crippen molar-refractivity contribution in [3.05, 3.63) is 12.1 Å². The van der Waals surface area contributed by atoms with Gasteiger partial charge in [0.25, 0.3) is 0 Å². The van der Waals surface area contributed by atoms with Gasteiger partial charge in [-0.2, -0.15) is 0 Å². The summed E-state index contributed by atoms with van der Waals surface area (Å²) < 4.78 is 5.12. The smallest absolute Gasteiger partial charge is 0.175 e. The van der Waals surface area contributed by atoms with Crippen molar-refractivity contribution in [3.8, 4) is 0 Å². The van der Waals surface area contributed by atoms with Crippen molar-refractivity contribution < 1.29 is 4.74 Å². The Kier molecular flexibility index (Phi) is 7.15. The van der Waals surface area contributed by atoms with Gasteiger partial charge in [0.2, 0.25) is 0 Å². The van der Waals surface area contributed by atoms with Crippen LogP contribution in [0.15, 0.2) is 12.1 Å². The first-order chi connectivity index (χ1) is 7.75. The quantitative estimate of drug-likeness (QED) is 0.584. The van der Waals surface area contributed by atoms with Crippen LogP contribution in [-0.2, 0) is 4.74 Å². The van der Waals surface area contributed by atoms with E-state index < -0.39 is 0 Å². The van der Waals surface area contributed by atoms with Crippen LogP contribution in [0, 0.1) is 11.8 Å². The lowest BCUT2D eigenvalue weighted by atomic mass is 9.25. The molecular formula is C15H31BO. The molecule has 0 aromatic rings. The van der Waals surface area contributed by atoms with E-state index in [4.69, 9.17) is 4.74 Å². The van der Waals surface area contributed by atoms with Gasteiger partial charge in [0.05, 0.1) is 6.61 Å². The van der Waals surface area contributed by atoms with Crippen LogP contribution in [0.4, 0.5) is 0 Å². The fourth-order valence-corrected chi connectivity index (χ4v) is 2.20. The summed E-state index contributed by atoms with van der Waals surface area (Å²) >= 11 is 0. The minimum Gasteiger partial charge on any atom is -0.381 e. The summed E-state index contributed by atoms with van der Waals surface area (Å²) in [4.78, 5) is 0. The molecule has 17 heavy (non-hydrogen) atoms. The number of hydrogen-bond acceptors (Lipinski definition) is 1. The van der Waals surface area contributed by atoms with Crippen LogP contribution in [0.5, 0.6) is 0 Å². The molecule has 0 bridgehead atoms. The second kappa shape index (κ2) is 7.26. The second-order valence-corrected chi connectivity index (χ2v) is 6.49. The van der Waals surface area contributed by atoms with E-state index in [1.54, 1.807) is 7.11 Å². The Labute approximate surface area is 109 Å². The van der Waals surface area contributed by atoms with Crippen molar-refractivity contribution in [3.63, 3.8) is 0 Å². The van der Waals surface area contributed by atoms with E-state index in [9.17, 15) is 0 Å². The summed E-state index contributed by atoms with van der Waals surface area (Å²) in [5.74, 6) is 4.46. The standard InChI is InChI=1S/C15H31BO/c1-12(2)14(5)16(10-9-11-17-8)15(6,7)13(3)4/h9-10,12-14H,11H2,1-8H3/b10-9-. The van der Waals surface area contributed by atoms with E-state index in [0.29, 0.717) is 29.7 Å². The highest BCUT2D eigenvalue weighted by Gasteiger charge is 2.38. The molecule has 0 amide bonds. The van der Waals surface area contributed by atoms with Gasteiger partial charge < -0.3 is 4.74 Å². The minimum atomic E-state index is 0.327. The maximum Gasteiger partial charge on any atom is 0.175 e. The fourth-order valence-electron chi connectivity index (χ4n) is 2.20. The molecule has 0 radical (unpaired) electrons. The number of methoxy groups -OCH3 is 1. The Bertz CT molecular complexity index is 231. The zero-order valence-electron chi connectivity index (χ0n) is 13.1. The summed E-state index contributed by atoms with van der Waals surface area (Å²) in [6, 6.07) is 0. The zero-order valence-corrected chi connectivity index (χ0v) is 13.1. The first-order valence-electron chi connectivity index (χ1n) is 6.90. The molecule has 0 aliphatic heterocycles. The molecule has 0 fully saturated rings. The van der Waals surface area contributed by atoms with Crippen LogP contribution in [-0.4, -0.2) is 20.4 Å². The van der Waals surface area contributed by atoms with Gasteiger partial charge in [-0.3, -0.25) is 0 Å². The van der Waals surface area contributed by atoms with Crippen LogP contribution in [0.3, 0.4) is 0 Å². The normalized spacial score (nSPS) is 14.9. The summed E-state index contributed by atoms with van der Waals surface area (Å²) in [5, 5.41) is 0.327. The molecule has 1 nitrogen and oxygen atoms in total. The molecule has 0 aliphatic carbocycles. The highest BCUT2D eigenvalue weighted by molar-refractivity contribution is 6.68. The van der Waals surface area contributed by atoms with Gasteiger partial charge in [0.15, 0.2) is 6.71 Å². The molecule has 0 aliphatic rings. The molecule has 0 heterocycles. The van der Waals surface area contributed by atoms with E-state index in [0.717, 1.165) is 6.61 Å². The van der Waals surface area contributed by atoms with Crippen molar-refractivity contribution in [2.24, 2.45) is 11.8 Å². The van der Waals surface area contributed by atoms with E-state index in [2.05, 4.69) is 60.5 Å². The molecule has 100 valence electrons. The third kappa shape index (κ3) is 4.87. The fraction of sp³-hybridized carbons (Fsp3) is 0.867. The molecule has 0 saturated carbocycles. The summed E-state index contributed by atoms with van der Waals surface area (Å²) in [7, 11) is 1.75. The Morgan fingerprint density at radius 1 is 1.12 bits per heavy atom. The summed E-state index contributed by atoms with van der Waals surface area (Å²) in [5.41, 5.74) is 0. The molecule has 0 aromatic heterocycles. The van der Waals surface area contributed by atoms with Crippen LogP contribution >= 0.6 is 0 Å². The van der Waals surface area contributed by atoms with Gasteiger partial charge in [0, 0.05) is 7.11 Å². The lowest BCUT2D eigenvalue weighted by Crippen LogP contribution is -2.36. The SMILES string of the molecule is COC/C=C\B(C(C)C(C)C)C(C)(C)C(C)C. The van der Waals surface area contributed by atoms with Gasteiger partial charge in [0.1, 0.15) is 0 Å². The maximum atomic E-state index is 5.12. The molecule has 1 unspecified atom stereocenters. The van der Waals surface area contributed by atoms with Gasteiger partial charge in [-0.25, -0.2) is 0 Å². The topological polar surface area (TPSA) is 9.23 Å². The van der Waals surface area contributed by atoms with Gasteiger partial charge >= 0.3 is 0 Å². The lowest BCUT2D eigenvalue weighted by Gasteiger charge is -2.39. The molecular weight excluding hydrogens is 207 g/mol. The number of ether oxygens (including phenoxy) is 1. The highest BCUT2D eigenvalue weighted by Crippen LogP contribution is 2.44. The predicted molar refractivity (Wildman–Crippen MR) is 79.9 cm³/mol. The van der Waals surface area contributed by atoms with Gasteiger partial charge in [-0.05, 0) is 11.2 Å². The third-order valence-corrected chi connectivity index (χ3v) is 4.57. The Morgan fingerprint density at radius 3 is 2.00 bits per heavy atom. The van der Waals surface area contributed by atoms with Crippen LogP contribution < -0.4 is 0 Å². The van der Waals surface area contributed by atoms with Crippen molar-refractivity contribution in [2.75, 3.05) is 13.7 Å². The predicted octanol–water partition coefficient (Wildman–Crippen LogP) is 4.71. The van der Waals surface area contributed by atoms with Crippen molar-refractivity contribution >= 4 is 6.71 Å².